The molecule has 1 aromatic rings. The van der Waals surface area contributed by atoms with Gasteiger partial charge in [0.05, 0.1) is 6.04 Å². The molecule has 4 rings (SSSR count). The van der Waals surface area contributed by atoms with Crippen LogP contribution < -0.4 is 10.6 Å². The van der Waals surface area contributed by atoms with E-state index in [4.69, 9.17) is 11.6 Å². The van der Waals surface area contributed by atoms with Crippen molar-refractivity contribution in [3.8, 4) is 0 Å². The van der Waals surface area contributed by atoms with Gasteiger partial charge >= 0.3 is 0 Å². The number of rotatable bonds is 11. The van der Waals surface area contributed by atoms with Crippen molar-refractivity contribution in [1.82, 2.24) is 20.4 Å². The standard InChI is InChI=1S/C33H53ClN4O2/c1-24(2)23-38-18-8-11-29(38)22-35-30(21-26-12-14-28(34)15-13-26)32(40)37-19-16-33(17-20-37,36-31(39)25(3)4)27-9-6-5-7-10-27/h12-15,24-25,27,29-30,35H,5-11,16-23H2,1-4H3,(H,36,39)/t29?,30-/m1/s1. The van der Waals surface area contributed by atoms with Gasteiger partial charge in [-0.25, -0.2) is 0 Å². The number of nitrogens with one attached hydrogen (secondary N) is 2. The molecule has 0 bridgehead atoms. The van der Waals surface area contributed by atoms with E-state index in [0.717, 1.165) is 38.0 Å². The molecular formula is C33H53ClN4O2. The van der Waals surface area contributed by atoms with Gasteiger partial charge in [-0.1, -0.05) is 70.7 Å². The number of amides is 2. The normalized spacial score (nSPS) is 23.1. The molecule has 0 aromatic heterocycles. The fraction of sp³-hybridized carbons (Fsp3) is 0.758. The molecule has 7 heteroatoms. The van der Waals surface area contributed by atoms with Gasteiger partial charge in [0.1, 0.15) is 0 Å². The average Bonchev–Trinajstić information content (AvgIpc) is 3.38. The highest BCUT2D eigenvalue weighted by atomic mass is 35.5. The van der Waals surface area contributed by atoms with Gasteiger partial charge in [0.25, 0.3) is 0 Å². The second kappa shape index (κ2) is 14.5. The topological polar surface area (TPSA) is 64.7 Å². The van der Waals surface area contributed by atoms with E-state index in [0.29, 0.717) is 42.4 Å². The minimum atomic E-state index is -0.268. The third-order valence-corrected chi connectivity index (χ3v) is 9.85. The zero-order valence-corrected chi connectivity index (χ0v) is 26.1. The molecule has 2 aliphatic heterocycles. The van der Waals surface area contributed by atoms with E-state index in [9.17, 15) is 9.59 Å². The quantitative estimate of drug-likeness (QED) is 0.358. The third kappa shape index (κ3) is 8.23. The molecule has 2 atom stereocenters. The highest BCUT2D eigenvalue weighted by molar-refractivity contribution is 6.30. The minimum absolute atomic E-state index is 0.0288. The van der Waals surface area contributed by atoms with Gasteiger partial charge in [0.15, 0.2) is 0 Å². The van der Waals surface area contributed by atoms with E-state index in [-0.39, 0.29) is 29.3 Å². The Hall–Kier alpha value is -1.63. The molecule has 3 fully saturated rings. The van der Waals surface area contributed by atoms with Gasteiger partial charge in [-0.2, -0.15) is 0 Å². The summed E-state index contributed by atoms with van der Waals surface area (Å²) in [5.74, 6) is 1.46. The van der Waals surface area contributed by atoms with Gasteiger partial charge in [-0.05, 0) is 81.0 Å². The number of hydrogen-bond donors (Lipinski definition) is 2. The monoisotopic (exact) mass is 572 g/mol. The van der Waals surface area contributed by atoms with Crippen molar-refractivity contribution in [2.24, 2.45) is 17.8 Å². The summed E-state index contributed by atoms with van der Waals surface area (Å²) < 4.78 is 0. The molecule has 40 heavy (non-hydrogen) atoms. The maximum absolute atomic E-state index is 14.1. The molecule has 0 radical (unpaired) electrons. The Balaban J connectivity index is 1.45. The molecule has 3 aliphatic rings. The number of piperidine rings is 1. The van der Waals surface area contributed by atoms with Crippen molar-refractivity contribution < 1.29 is 9.59 Å². The molecule has 2 saturated heterocycles. The molecule has 1 aliphatic carbocycles. The Kier molecular flexibility index (Phi) is 11.4. The largest absolute Gasteiger partial charge is 0.350 e. The number of likely N-dealkylation sites (tertiary alicyclic amines) is 2. The first kappa shape index (κ1) is 31.3. The van der Waals surface area contributed by atoms with Crippen LogP contribution in [0.4, 0.5) is 0 Å². The van der Waals surface area contributed by atoms with E-state index < -0.39 is 0 Å². The lowest BCUT2D eigenvalue weighted by molar-refractivity contribution is -0.136. The highest BCUT2D eigenvalue weighted by Crippen LogP contribution is 2.39. The maximum atomic E-state index is 14.1. The number of hydrogen-bond acceptors (Lipinski definition) is 4. The number of benzene rings is 1. The average molecular weight is 573 g/mol. The maximum Gasteiger partial charge on any atom is 0.240 e. The van der Waals surface area contributed by atoms with Gasteiger partial charge in [0.2, 0.25) is 11.8 Å². The van der Waals surface area contributed by atoms with E-state index in [2.05, 4.69) is 34.3 Å². The molecular weight excluding hydrogens is 520 g/mol. The smallest absolute Gasteiger partial charge is 0.240 e. The lowest BCUT2D eigenvalue weighted by Gasteiger charge is -2.49. The van der Waals surface area contributed by atoms with Crippen molar-refractivity contribution in [1.29, 1.82) is 0 Å². The summed E-state index contributed by atoms with van der Waals surface area (Å²) >= 11 is 6.16. The summed E-state index contributed by atoms with van der Waals surface area (Å²) in [5.41, 5.74) is 0.942. The number of nitrogens with zero attached hydrogens (tertiary/aromatic N) is 2. The Labute approximate surface area is 248 Å². The predicted octanol–water partition coefficient (Wildman–Crippen LogP) is 5.67. The Morgan fingerprint density at radius 1 is 0.950 bits per heavy atom. The lowest BCUT2D eigenvalue weighted by Crippen LogP contribution is -2.62. The van der Waals surface area contributed by atoms with Crippen LogP contribution in [0.15, 0.2) is 24.3 Å². The van der Waals surface area contributed by atoms with Crippen LogP contribution in [0.3, 0.4) is 0 Å². The molecule has 2 amide bonds. The fourth-order valence-corrected chi connectivity index (χ4v) is 7.37. The van der Waals surface area contributed by atoms with Crippen molar-refractivity contribution in [3.63, 3.8) is 0 Å². The van der Waals surface area contributed by atoms with Crippen LogP contribution in [0.1, 0.15) is 91.0 Å². The van der Waals surface area contributed by atoms with Gasteiger partial charge in [0, 0.05) is 48.7 Å². The zero-order valence-electron chi connectivity index (χ0n) is 25.4. The van der Waals surface area contributed by atoms with Crippen LogP contribution >= 0.6 is 11.6 Å². The van der Waals surface area contributed by atoms with E-state index in [1.165, 1.54) is 44.9 Å². The van der Waals surface area contributed by atoms with Crippen LogP contribution in [0.5, 0.6) is 0 Å². The summed E-state index contributed by atoms with van der Waals surface area (Å²) in [6, 6.07) is 8.12. The first-order valence-corrected chi connectivity index (χ1v) is 16.4. The minimum Gasteiger partial charge on any atom is -0.350 e. The molecule has 224 valence electrons. The number of carbonyl (C=O) groups excluding carboxylic acids is 2. The molecule has 1 unspecified atom stereocenters. The first-order valence-electron chi connectivity index (χ1n) is 16.0. The summed E-state index contributed by atoms with van der Waals surface area (Å²) in [5, 5.41) is 7.94. The SMILES string of the molecule is CC(C)CN1CCCC1CN[C@H](Cc1ccc(Cl)cc1)C(=O)N1CCC(NC(=O)C(C)C)(C2CCCCC2)CC1. The van der Waals surface area contributed by atoms with Gasteiger partial charge < -0.3 is 15.5 Å². The summed E-state index contributed by atoms with van der Waals surface area (Å²) in [6.07, 6.45) is 10.9. The Morgan fingerprint density at radius 2 is 1.62 bits per heavy atom. The van der Waals surface area contributed by atoms with Crippen LogP contribution in [-0.2, 0) is 16.0 Å². The fourth-order valence-electron chi connectivity index (χ4n) is 7.24. The van der Waals surface area contributed by atoms with Crippen molar-refractivity contribution in [2.75, 3.05) is 32.7 Å². The summed E-state index contributed by atoms with van der Waals surface area (Å²) in [6.45, 7) is 13.0. The molecule has 1 saturated carbocycles. The predicted molar refractivity (Wildman–Crippen MR) is 164 cm³/mol. The number of carbonyl (C=O) groups is 2. The van der Waals surface area contributed by atoms with E-state index in [1.807, 2.05) is 38.1 Å². The summed E-state index contributed by atoms with van der Waals surface area (Å²) in [4.78, 5) is 31.6. The third-order valence-electron chi connectivity index (χ3n) is 9.60. The Bertz CT molecular complexity index is 952. The van der Waals surface area contributed by atoms with E-state index >= 15 is 0 Å². The molecule has 0 spiro atoms. The lowest BCUT2D eigenvalue weighted by atomic mass is 9.69. The van der Waals surface area contributed by atoms with Crippen LogP contribution in [0.2, 0.25) is 5.02 Å². The van der Waals surface area contributed by atoms with Crippen LogP contribution in [0, 0.1) is 17.8 Å². The Morgan fingerprint density at radius 3 is 2.25 bits per heavy atom. The molecule has 2 N–H and O–H groups in total. The van der Waals surface area contributed by atoms with Crippen molar-refractivity contribution >= 4 is 23.4 Å². The van der Waals surface area contributed by atoms with Crippen LogP contribution in [-0.4, -0.2) is 72.0 Å². The first-order chi connectivity index (χ1) is 19.2. The second-order valence-corrected chi connectivity index (χ2v) is 13.9. The van der Waals surface area contributed by atoms with Gasteiger partial charge in [-0.15, -0.1) is 0 Å². The highest BCUT2D eigenvalue weighted by Gasteiger charge is 2.44. The van der Waals surface area contributed by atoms with Crippen molar-refractivity contribution in [3.05, 3.63) is 34.9 Å². The zero-order chi connectivity index (χ0) is 28.7. The number of halogens is 1. The summed E-state index contributed by atoms with van der Waals surface area (Å²) in [7, 11) is 0. The van der Waals surface area contributed by atoms with Gasteiger partial charge in [-0.3, -0.25) is 14.5 Å². The van der Waals surface area contributed by atoms with E-state index in [1.54, 1.807) is 0 Å². The molecule has 6 nitrogen and oxygen atoms in total. The molecule has 2 heterocycles. The molecule has 1 aromatic carbocycles. The van der Waals surface area contributed by atoms with Crippen LogP contribution in [0.25, 0.3) is 0 Å². The second-order valence-electron chi connectivity index (χ2n) is 13.4. The van der Waals surface area contributed by atoms with Crippen molar-refractivity contribution in [2.45, 2.75) is 110 Å².